The lowest BCUT2D eigenvalue weighted by Crippen LogP contribution is -2.12. The van der Waals surface area contributed by atoms with E-state index in [1.165, 1.54) is 17.8 Å². The SMILES string of the molecule is O=C(CCSc1ccccc1F)Nc1cccc(OCc2cn3ccccc3n2)c1. The van der Waals surface area contributed by atoms with Gasteiger partial charge in [-0.05, 0) is 36.4 Å². The van der Waals surface area contributed by atoms with E-state index in [1.54, 1.807) is 30.3 Å². The highest BCUT2D eigenvalue weighted by Gasteiger charge is 2.07. The van der Waals surface area contributed by atoms with Crippen molar-refractivity contribution in [3.05, 3.63) is 90.6 Å². The van der Waals surface area contributed by atoms with E-state index in [4.69, 9.17) is 4.74 Å². The molecule has 0 atom stereocenters. The molecule has 0 saturated carbocycles. The van der Waals surface area contributed by atoms with Crippen LogP contribution >= 0.6 is 11.8 Å². The normalized spacial score (nSPS) is 10.8. The number of hydrogen-bond donors (Lipinski definition) is 1. The number of hydrogen-bond acceptors (Lipinski definition) is 4. The Morgan fingerprint density at radius 3 is 2.83 bits per heavy atom. The highest BCUT2D eigenvalue weighted by atomic mass is 32.2. The lowest BCUT2D eigenvalue weighted by atomic mass is 10.3. The van der Waals surface area contributed by atoms with Crippen LogP contribution in [0.2, 0.25) is 0 Å². The van der Waals surface area contributed by atoms with E-state index in [-0.39, 0.29) is 18.1 Å². The second kappa shape index (κ2) is 9.45. The van der Waals surface area contributed by atoms with E-state index >= 15 is 0 Å². The lowest BCUT2D eigenvalue weighted by molar-refractivity contribution is -0.115. The number of anilines is 1. The Balaban J connectivity index is 1.28. The Morgan fingerprint density at radius 1 is 1.10 bits per heavy atom. The molecule has 0 spiro atoms. The largest absolute Gasteiger partial charge is 0.487 e. The Hall–Kier alpha value is -3.32. The van der Waals surface area contributed by atoms with E-state index < -0.39 is 0 Å². The van der Waals surface area contributed by atoms with Gasteiger partial charge in [0, 0.05) is 41.2 Å². The van der Waals surface area contributed by atoms with Crippen molar-refractivity contribution in [2.75, 3.05) is 11.1 Å². The van der Waals surface area contributed by atoms with Crippen molar-refractivity contribution in [3.63, 3.8) is 0 Å². The van der Waals surface area contributed by atoms with Crippen molar-refractivity contribution >= 4 is 29.0 Å². The van der Waals surface area contributed by atoms with E-state index in [1.807, 2.05) is 47.1 Å². The number of halogens is 1. The van der Waals surface area contributed by atoms with Gasteiger partial charge in [0.1, 0.15) is 23.8 Å². The fourth-order valence-electron chi connectivity index (χ4n) is 2.92. The fraction of sp³-hybridized carbons (Fsp3) is 0.130. The monoisotopic (exact) mass is 421 g/mol. The van der Waals surface area contributed by atoms with Crippen LogP contribution in [0.25, 0.3) is 5.65 Å². The van der Waals surface area contributed by atoms with Crippen molar-refractivity contribution in [1.29, 1.82) is 0 Å². The molecule has 4 aromatic rings. The highest BCUT2D eigenvalue weighted by molar-refractivity contribution is 7.99. The third kappa shape index (κ3) is 5.18. The van der Waals surface area contributed by atoms with Crippen LogP contribution in [0.4, 0.5) is 10.1 Å². The Kier molecular flexibility index (Phi) is 6.29. The predicted octanol–water partition coefficient (Wildman–Crippen LogP) is 5.17. The number of nitrogens with zero attached hydrogens (tertiary/aromatic N) is 2. The quantitative estimate of drug-likeness (QED) is 0.399. The van der Waals surface area contributed by atoms with Gasteiger partial charge < -0.3 is 14.5 Å². The number of thioether (sulfide) groups is 1. The summed E-state index contributed by atoms with van der Waals surface area (Å²) >= 11 is 1.33. The first-order valence-electron chi connectivity index (χ1n) is 9.50. The molecule has 4 rings (SSSR count). The first kappa shape index (κ1) is 20.0. The van der Waals surface area contributed by atoms with E-state index in [0.717, 1.165) is 11.3 Å². The van der Waals surface area contributed by atoms with Gasteiger partial charge in [-0.2, -0.15) is 0 Å². The summed E-state index contributed by atoms with van der Waals surface area (Å²) in [4.78, 5) is 17.3. The summed E-state index contributed by atoms with van der Waals surface area (Å²) in [7, 11) is 0. The molecule has 2 heterocycles. The number of benzene rings is 2. The molecule has 5 nitrogen and oxygen atoms in total. The Labute approximate surface area is 177 Å². The number of fused-ring (bicyclic) bond motifs is 1. The number of carbonyl (C=O) groups excluding carboxylic acids is 1. The summed E-state index contributed by atoms with van der Waals surface area (Å²) < 4.78 is 21.4. The molecule has 2 aromatic carbocycles. The van der Waals surface area contributed by atoms with Crippen molar-refractivity contribution in [3.8, 4) is 5.75 Å². The molecule has 30 heavy (non-hydrogen) atoms. The first-order valence-corrected chi connectivity index (χ1v) is 10.5. The molecule has 0 unspecified atom stereocenters. The zero-order valence-corrected chi connectivity index (χ0v) is 16.9. The summed E-state index contributed by atoms with van der Waals surface area (Å²) in [6, 6.07) is 19.6. The number of carbonyl (C=O) groups is 1. The summed E-state index contributed by atoms with van der Waals surface area (Å²) in [5.41, 5.74) is 2.34. The first-order chi connectivity index (χ1) is 14.7. The van der Waals surface area contributed by atoms with E-state index in [2.05, 4.69) is 10.3 Å². The van der Waals surface area contributed by atoms with Crippen LogP contribution in [0.3, 0.4) is 0 Å². The van der Waals surface area contributed by atoms with Crippen LogP contribution in [-0.2, 0) is 11.4 Å². The molecular weight excluding hydrogens is 401 g/mol. The van der Waals surface area contributed by atoms with Crippen LogP contribution in [0, 0.1) is 5.82 Å². The van der Waals surface area contributed by atoms with Gasteiger partial charge in [-0.3, -0.25) is 4.79 Å². The van der Waals surface area contributed by atoms with Crippen LogP contribution in [-0.4, -0.2) is 21.0 Å². The highest BCUT2D eigenvalue weighted by Crippen LogP contribution is 2.23. The van der Waals surface area contributed by atoms with Crippen molar-refractivity contribution in [1.82, 2.24) is 9.38 Å². The predicted molar refractivity (Wildman–Crippen MR) is 116 cm³/mol. The Morgan fingerprint density at radius 2 is 1.97 bits per heavy atom. The van der Waals surface area contributed by atoms with Crippen molar-refractivity contribution in [2.24, 2.45) is 0 Å². The van der Waals surface area contributed by atoms with Gasteiger partial charge in [-0.15, -0.1) is 11.8 Å². The maximum Gasteiger partial charge on any atom is 0.225 e. The number of nitrogens with one attached hydrogen (secondary N) is 1. The zero-order valence-electron chi connectivity index (χ0n) is 16.1. The second-order valence-corrected chi connectivity index (χ2v) is 7.73. The molecule has 0 saturated heterocycles. The molecule has 0 bridgehead atoms. The number of rotatable bonds is 8. The van der Waals surface area contributed by atoms with Gasteiger partial charge in [-0.1, -0.05) is 24.3 Å². The summed E-state index contributed by atoms with van der Waals surface area (Å²) in [6.45, 7) is 0.332. The van der Waals surface area contributed by atoms with Crippen molar-refractivity contribution < 1.29 is 13.9 Å². The summed E-state index contributed by atoms with van der Waals surface area (Å²) in [5, 5.41) is 2.86. The third-order valence-electron chi connectivity index (χ3n) is 4.34. The minimum Gasteiger partial charge on any atom is -0.487 e. The number of amides is 1. The molecule has 7 heteroatoms. The number of imidazole rings is 1. The minimum atomic E-state index is -0.265. The molecule has 1 N–H and O–H groups in total. The van der Waals surface area contributed by atoms with Crippen molar-refractivity contribution in [2.45, 2.75) is 17.9 Å². The maximum atomic E-state index is 13.6. The van der Waals surface area contributed by atoms with Gasteiger partial charge in [0.2, 0.25) is 5.91 Å². The molecule has 0 fully saturated rings. The smallest absolute Gasteiger partial charge is 0.225 e. The maximum absolute atomic E-state index is 13.6. The third-order valence-corrected chi connectivity index (χ3v) is 5.39. The minimum absolute atomic E-state index is 0.128. The number of aromatic nitrogens is 2. The summed E-state index contributed by atoms with van der Waals surface area (Å²) in [6.07, 6.45) is 4.14. The Bertz CT molecular complexity index is 1130. The number of pyridine rings is 1. The van der Waals surface area contributed by atoms with Crippen LogP contribution < -0.4 is 10.1 Å². The van der Waals surface area contributed by atoms with Crippen LogP contribution in [0.15, 0.2) is 84.0 Å². The van der Waals surface area contributed by atoms with E-state index in [9.17, 15) is 9.18 Å². The molecule has 0 aliphatic rings. The molecule has 1 amide bonds. The number of ether oxygens (including phenoxy) is 1. The topological polar surface area (TPSA) is 55.6 Å². The van der Waals surface area contributed by atoms with Gasteiger partial charge in [0.25, 0.3) is 0 Å². The lowest BCUT2D eigenvalue weighted by Gasteiger charge is -2.09. The standard InChI is InChI=1S/C23H20FN3O2S/c24-20-8-1-2-9-21(20)30-13-11-23(28)26-17-6-5-7-19(14-17)29-16-18-15-27-12-4-3-10-22(27)25-18/h1-10,12,14-15H,11,13,16H2,(H,26,28). The molecule has 2 aromatic heterocycles. The van der Waals surface area contributed by atoms with Crippen LogP contribution in [0.1, 0.15) is 12.1 Å². The average molecular weight is 421 g/mol. The molecule has 152 valence electrons. The zero-order chi connectivity index (χ0) is 20.8. The second-order valence-electron chi connectivity index (χ2n) is 6.59. The summed E-state index contributed by atoms with van der Waals surface area (Å²) in [5.74, 6) is 0.747. The molecular formula is C23H20FN3O2S. The van der Waals surface area contributed by atoms with Gasteiger partial charge in [0.05, 0.1) is 5.69 Å². The van der Waals surface area contributed by atoms with Gasteiger partial charge in [0.15, 0.2) is 0 Å². The van der Waals surface area contributed by atoms with Gasteiger partial charge in [-0.25, -0.2) is 9.37 Å². The average Bonchev–Trinajstić information content (AvgIpc) is 3.17. The molecule has 0 radical (unpaired) electrons. The van der Waals surface area contributed by atoms with Gasteiger partial charge >= 0.3 is 0 Å². The van der Waals surface area contributed by atoms with E-state index in [0.29, 0.717) is 28.7 Å². The van der Waals surface area contributed by atoms with Crippen LogP contribution in [0.5, 0.6) is 5.75 Å². The molecule has 0 aliphatic carbocycles. The molecule has 0 aliphatic heterocycles. The fourth-order valence-corrected chi connectivity index (χ4v) is 3.80.